The van der Waals surface area contributed by atoms with Gasteiger partial charge < -0.3 is 5.11 Å². The fourth-order valence-electron chi connectivity index (χ4n) is 1.78. The number of hydrogen-bond donors (Lipinski definition) is 1. The van der Waals surface area contributed by atoms with Crippen LogP contribution in [0.1, 0.15) is 5.69 Å². The van der Waals surface area contributed by atoms with Crippen molar-refractivity contribution < 1.29 is 5.11 Å². The molecule has 0 saturated heterocycles. The number of aliphatic hydroxyl groups excluding tert-OH is 1. The van der Waals surface area contributed by atoms with E-state index < -0.39 is 0 Å². The minimum absolute atomic E-state index is 0.142. The number of nitrogens with zero attached hydrogens (tertiary/aromatic N) is 4. The number of imidazole rings is 1. The van der Waals surface area contributed by atoms with Crippen LogP contribution in [0.25, 0.3) is 5.78 Å². The molecule has 0 unspecified atom stereocenters. The molecule has 5 nitrogen and oxygen atoms in total. The standard InChI is InChI=1S/C12H16N4O/c1-2-5-15(7-8-17)10-11-9-14-12-13-4-3-6-16(11)12/h2-4,6,9,17H,1,5,7-8,10H2. The van der Waals surface area contributed by atoms with Crippen molar-refractivity contribution in [3.8, 4) is 0 Å². The molecule has 0 aliphatic rings. The second kappa shape index (κ2) is 5.56. The van der Waals surface area contributed by atoms with Crippen LogP contribution < -0.4 is 0 Å². The first kappa shape index (κ1) is 11.8. The van der Waals surface area contributed by atoms with Gasteiger partial charge >= 0.3 is 0 Å². The highest BCUT2D eigenvalue weighted by Gasteiger charge is 2.08. The average molecular weight is 232 g/mol. The molecule has 0 radical (unpaired) electrons. The lowest BCUT2D eigenvalue weighted by Gasteiger charge is -2.18. The number of rotatable bonds is 6. The minimum Gasteiger partial charge on any atom is -0.395 e. The van der Waals surface area contributed by atoms with E-state index in [1.54, 1.807) is 6.20 Å². The number of aliphatic hydroxyl groups is 1. The van der Waals surface area contributed by atoms with E-state index in [9.17, 15) is 0 Å². The van der Waals surface area contributed by atoms with Gasteiger partial charge in [0.05, 0.1) is 18.5 Å². The molecule has 5 heteroatoms. The third-order valence-electron chi connectivity index (χ3n) is 2.55. The highest BCUT2D eigenvalue weighted by Crippen LogP contribution is 2.07. The Morgan fingerprint density at radius 1 is 1.47 bits per heavy atom. The predicted octanol–water partition coefficient (Wildman–Crippen LogP) is 0.710. The van der Waals surface area contributed by atoms with Gasteiger partial charge in [-0.1, -0.05) is 6.08 Å². The Morgan fingerprint density at radius 3 is 3.12 bits per heavy atom. The van der Waals surface area contributed by atoms with Crippen LogP contribution in [0.3, 0.4) is 0 Å². The molecule has 1 N–H and O–H groups in total. The van der Waals surface area contributed by atoms with Gasteiger partial charge in [0.25, 0.3) is 0 Å². The van der Waals surface area contributed by atoms with Gasteiger partial charge in [0.2, 0.25) is 5.78 Å². The zero-order valence-electron chi connectivity index (χ0n) is 9.66. The Balaban J connectivity index is 2.18. The van der Waals surface area contributed by atoms with Crippen molar-refractivity contribution in [1.82, 2.24) is 19.3 Å². The summed E-state index contributed by atoms with van der Waals surface area (Å²) in [6, 6.07) is 1.88. The maximum absolute atomic E-state index is 8.99. The van der Waals surface area contributed by atoms with Crippen LogP contribution in [0.15, 0.2) is 37.3 Å². The summed E-state index contributed by atoms with van der Waals surface area (Å²) in [5.41, 5.74) is 1.06. The lowest BCUT2D eigenvalue weighted by Crippen LogP contribution is -2.27. The van der Waals surface area contributed by atoms with Gasteiger partial charge in [-0.05, 0) is 6.07 Å². The Bertz CT molecular complexity index is 494. The molecule has 0 fully saturated rings. The average Bonchev–Trinajstić information content (AvgIpc) is 2.74. The summed E-state index contributed by atoms with van der Waals surface area (Å²) in [6.45, 7) is 5.95. The van der Waals surface area contributed by atoms with Gasteiger partial charge in [0.1, 0.15) is 0 Å². The first-order valence-electron chi connectivity index (χ1n) is 5.56. The van der Waals surface area contributed by atoms with E-state index >= 15 is 0 Å². The largest absolute Gasteiger partial charge is 0.395 e. The van der Waals surface area contributed by atoms with Gasteiger partial charge in [0, 0.05) is 32.0 Å². The molecular formula is C12H16N4O. The summed E-state index contributed by atoms with van der Waals surface area (Å²) in [4.78, 5) is 10.5. The fourth-order valence-corrected chi connectivity index (χ4v) is 1.78. The molecule has 0 aliphatic heterocycles. The Morgan fingerprint density at radius 2 is 2.35 bits per heavy atom. The monoisotopic (exact) mass is 232 g/mol. The Hall–Kier alpha value is -1.72. The summed E-state index contributed by atoms with van der Waals surface area (Å²) >= 11 is 0. The van der Waals surface area contributed by atoms with Crippen LogP contribution in [-0.2, 0) is 6.54 Å². The molecule has 2 aromatic heterocycles. The maximum atomic E-state index is 8.99. The second-order valence-electron chi connectivity index (χ2n) is 3.79. The topological polar surface area (TPSA) is 53.7 Å². The zero-order chi connectivity index (χ0) is 12.1. The van der Waals surface area contributed by atoms with E-state index in [1.807, 2.05) is 28.9 Å². The van der Waals surface area contributed by atoms with Crippen LogP contribution >= 0.6 is 0 Å². The fraction of sp³-hybridized carbons (Fsp3) is 0.333. The Labute approximate surface area is 100 Å². The summed E-state index contributed by atoms with van der Waals surface area (Å²) in [5, 5.41) is 8.99. The molecular weight excluding hydrogens is 216 g/mol. The van der Waals surface area contributed by atoms with Crippen molar-refractivity contribution in [2.24, 2.45) is 0 Å². The van der Waals surface area contributed by atoms with Crippen LogP contribution in [0.2, 0.25) is 0 Å². The molecule has 2 aromatic rings. The maximum Gasteiger partial charge on any atom is 0.233 e. The smallest absolute Gasteiger partial charge is 0.233 e. The van der Waals surface area contributed by atoms with Gasteiger partial charge in [-0.15, -0.1) is 6.58 Å². The second-order valence-corrected chi connectivity index (χ2v) is 3.79. The van der Waals surface area contributed by atoms with E-state index in [0.717, 1.165) is 18.8 Å². The molecule has 2 rings (SSSR count). The van der Waals surface area contributed by atoms with Crippen molar-refractivity contribution in [3.05, 3.63) is 43.0 Å². The molecule has 17 heavy (non-hydrogen) atoms. The predicted molar refractivity (Wildman–Crippen MR) is 65.5 cm³/mol. The van der Waals surface area contributed by atoms with E-state index in [2.05, 4.69) is 21.4 Å². The van der Waals surface area contributed by atoms with Gasteiger partial charge in [-0.25, -0.2) is 9.97 Å². The highest BCUT2D eigenvalue weighted by molar-refractivity contribution is 5.30. The lowest BCUT2D eigenvalue weighted by molar-refractivity contribution is 0.202. The van der Waals surface area contributed by atoms with E-state index in [0.29, 0.717) is 12.3 Å². The molecule has 90 valence electrons. The van der Waals surface area contributed by atoms with E-state index in [-0.39, 0.29) is 6.61 Å². The van der Waals surface area contributed by atoms with E-state index in [4.69, 9.17) is 5.11 Å². The first-order chi connectivity index (χ1) is 8.35. The summed E-state index contributed by atoms with van der Waals surface area (Å²) in [7, 11) is 0. The normalized spacial score (nSPS) is 11.2. The van der Waals surface area contributed by atoms with E-state index in [1.165, 1.54) is 0 Å². The summed E-state index contributed by atoms with van der Waals surface area (Å²) in [6.07, 6.45) is 7.31. The van der Waals surface area contributed by atoms with Gasteiger partial charge in [-0.3, -0.25) is 9.30 Å². The molecule has 0 saturated carbocycles. The van der Waals surface area contributed by atoms with Gasteiger partial charge in [0.15, 0.2) is 0 Å². The van der Waals surface area contributed by atoms with Crippen LogP contribution in [0, 0.1) is 0 Å². The first-order valence-corrected chi connectivity index (χ1v) is 5.56. The third kappa shape index (κ3) is 2.69. The Kier molecular flexibility index (Phi) is 3.85. The summed E-state index contributed by atoms with van der Waals surface area (Å²) < 4.78 is 1.95. The quantitative estimate of drug-likeness (QED) is 0.745. The van der Waals surface area contributed by atoms with Crippen LogP contribution in [0.4, 0.5) is 0 Å². The third-order valence-corrected chi connectivity index (χ3v) is 2.55. The van der Waals surface area contributed by atoms with Crippen molar-refractivity contribution in [2.45, 2.75) is 6.54 Å². The van der Waals surface area contributed by atoms with Crippen molar-refractivity contribution >= 4 is 5.78 Å². The molecule has 0 amide bonds. The number of aromatic nitrogens is 3. The van der Waals surface area contributed by atoms with Crippen LogP contribution in [-0.4, -0.2) is 44.1 Å². The van der Waals surface area contributed by atoms with Crippen molar-refractivity contribution in [3.63, 3.8) is 0 Å². The molecule has 0 spiro atoms. The SMILES string of the molecule is C=CCN(CCO)Cc1cnc2ncccn12. The minimum atomic E-state index is 0.142. The molecule has 2 heterocycles. The highest BCUT2D eigenvalue weighted by atomic mass is 16.3. The van der Waals surface area contributed by atoms with Crippen LogP contribution in [0.5, 0.6) is 0 Å². The molecule has 0 aromatic carbocycles. The molecule has 0 bridgehead atoms. The molecule has 0 aliphatic carbocycles. The van der Waals surface area contributed by atoms with Gasteiger partial charge in [-0.2, -0.15) is 0 Å². The molecule has 0 atom stereocenters. The zero-order valence-corrected chi connectivity index (χ0v) is 9.66. The lowest BCUT2D eigenvalue weighted by atomic mass is 10.4. The number of hydrogen-bond acceptors (Lipinski definition) is 4. The van der Waals surface area contributed by atoms with Crippen molar-refractivity contribution in [2.75, 3.05) is 19.7 Å². The van der Waals surface area contributed by atoms with Crippen molar-refractivity contribution in [1.29, 1.82) is 0 Å². The summed E-state index contributed by atoms with van der Waals surface area (Å²) in [5.74, 6) is 0.699. The number of fused-ring (bicyclic) bond motifs is 1.